The van der Waals surface area contributed by atoms with Crippen LogP contribution >= 0.6 is 0 Å². The molecule has 36 heavy (non-hydrogen) atoms. The van der Waals surface area contributed by atoms with Crippen molar-refractivity contribution >= 4 is 43.8 Å². The Kier molecular flexibility index (Phi) is 5.89. The number of benzene rings is 3. The minimum atomic E-state index is -4.04. The highest BCUT2D eigenvalue weighted by molar-refractivity contribution is 7.92. The first-order valence-corrected chi connectivity index (χ1v) is 12.6. The van der Waals surface area contributed by atoms with Crippen LogP contribution in [0.4, 0.5) is 10.2 Å². The number of para-hydroxylation sites is 2. The smallest absolute Gasteiger partial charge is 0.254 e. The number of anilines is 1. The average Bonchev–Trinajstić information content (AvgIpc) is 3.13. The lowest BCUT2D eigenvalue weighted by molar-refractivity contribution is 0.0948. The first-order chi connectivity index (χ1) is 17.3. The zero-order chi connectivity index (χ0) is 25.4. The Hall–Kier alpha value is -4.31. The lowest BCUT2D eigenvalue weighted by atomic mass is 10.2. The standard InChI is InChI=1S/C26H22FN5O3S/c1-16-10-12-17(13-11-16)36(34,35)23-22-25(31-21-9-5-4-8-20(21)30-22)32(24(23)28)15-14-29-26(33)18-6-2-3-7-19(18)27/h2-13H,14-15,28H2,1H3,(H,29,33). The van der Waals surface area contributed by atoms with Crippen molar-refractivity contribution in [3.63, 3.8) is 0 Å². The average molecular weight is 504 g/mol. The third-order valence-electron chi connectivity index (χ3n) is 5.89. The van der Waals surface area contributed by atoms with Gasteiger partial charge in [-0.2, -0.15) is 0 Å². The van der Waals surface area contributed by atoms with E-state index < -0.39 is 21.6 Å². The van der Waals surface area contributed by atoms with Gasteiger partial charge in [-0.1, -0.05) is 42.0 Å². The summed E-state index contributed by atoms with van der Waals surface area (Å²) in [5.74, 6) is -1.27. The maximum absolute atomic E-state index is 14.0. The zero-order valence-corrected chi connectivity index (χ0v) is 20.1. The van der Waals surface area contributed by atoms with E-state index >= 15 is 0 Å². The van der Waals surface area contributed by atoms with Crippen LogP contribution in [0.1, 0.15) is 15.9 Å². The highest BCUT2D eigenvalue weighted by Gasteiger charge is 2.30. The van der Waals surface area contributed by atoms with Gasteiger partial charge in [0.2, 0.25) is 9.84 Å². The van der Waals surface area contributed by atoms with Gasteiger partial charge in [-0.05, 0) is 43.3 Å². The number of halogens is 1. The molecule has 0 radical (unpaired) electrons. The second kappa shape index (κ2) is 9.04. The topological polar surface area (TPSA) is 120 Å². The maximum Gasteiger partial charge on any atom is 0.254 e. The van der Waals surface area contributed by atoms with Crippen LogP contribution < -0.4 is 11.1 Å². The number of nitrogens with zero attached hydrogens (tertiary/aromatic N) is 3. The molecule has 2 aromatic heterocycles. The molecule has 0 spiro atoms. The first-order valence-electron chi connectivity index (χ1n) is 11.2. The number of carbonyl (C=O) groups is 1. The number of aromatic nitrogens is 3. The summed E-state index contributed by atoms with van der Waals surface area (Å²) in [6.07, 6.45) is 0. The fourth-order valence-electron chi connectivity index (χ4n) is 4.04. The summed E-state index contributed by atoms with van der Waals surface area (Å²) in [7, 11) is -4.04. The molecule has 0 atom stereocenters. The summed E-state index contributed by atoms with van der Waals surface area (Å²) in [6.45, 7) is 2.02. The molecule has 0 unspecified atom stereocenters. The Labute approximate surface area is 206 Å². The molecule has 0 saturated carbocycles. The van der Waals surface area contributed by atoms with Crippen LogP contribution in [-0.2, 0) is 16.4 Å². The summed E-state index contributed by atoms with van der Waals surface area (Å²) in [5, 5.41) is 2.65. The predicted molar refractivity (Wildman–Crippen MR) is 135 cm³/mol. The van der Waals surface area contributed by atoms with Crippen molar-refractivity contribution < 1.29 is 17.6 Å². The molecule has 182 valence electrons. The van der Waals surface area contributed by atoms with Gasteiger partial charge in [0, 0.05) is 13.1 Å². The third kappa shape index (κ3) is 4.05. The Morgan fingerprint density at radius 2 is 1.61 bits per heavy atom. The molecule has 0 aliphatic carbocycles. The fraction of sp³-hybridized carbons (Fsp3) is 0.115. The van der Waals surface area contributed by atoms with E-state index in [1.54, 1.807) is 42.5 Å². The van der Waals surface area contributed by atoms with Crippen LogP contribution in [0.15, 0.2) is 82.6 Å². The quantitative estimate of drug-likeness (QED) is 0.363. The van der Waals surface area contributed by atoms with Crippen molar-refractivity contribution in [3.8, 4) is 0 Å². The van der Waals surface area contributed by atoms with E-state index in [9.17, 15) is 17.6 Å². The number of amides is 1. The molecule has 0 aliphatic heterocycles. The molecular weight excluding hydrogens is 481 g/mol. The summed E-state index contributed by atoms with van der Waals surface area (Å²) in [5.41, 5.74) is 8.76. The van der Waals surface area contributed by atoms with E-state index in [0.29, 0.717) is 11.0 Å². The lowest BCUT2D eigenvalue weighted by Crippen LogP contribution is -2.28. The predicted octanol–water partition coefficient (Wildman–Crippen LogP) is 3.88. The number of nitrogen functional groups attached to an aromatic ring is 1. The zero-order valence-electron chi connectivity index (χ0n) is 19.3. The van der Waals surface area contributed by atoms with Crippen LogP contribution in [-0.4, -0.2) is 35.4 Å². The van der Waals surface area contributed by atoms with Crippen LogP contribution in [0.5, 0.6) is 0 Å². The SMILES string of the molecule is Cc1ccc(S(=O)(=O)c2c(N)n(CCNC(=O)c3ccccc3F)c3nc4ccccc4nc23)cc1. The maximum atomic E-state index is 14.0. The second-order valence-corrected chi connectivity index (χ2v) is 10.2. The highest BCUT2D eigenvalue weighted by Crippen LogP contribution is 2.35. The Morgan fingerprint density at radius 1 is 0.972 bits per heavy atom. The van der Waals surface area contributed by atoms with Gasteiger partial charge in [0.15, 0.2) is 5.65 Å². The molecular formula is C26H22FN5O3S. The van der Waals surface area contributed by atoms with Crippen molar-refractivity contribution in [2.24, 2.45) is 0 Å². The summed E-state index contributed by atoms with van der Waals surface area (Å²) >= 11 is 0. The third-order valence-corrected chi connectivity index (χ3v) is 7.72. The van der Waals surface area contributed by atoms with Crippen molar-refractivity contribution in [1.29, 1.82) is 0 Å². The Balaban J connectivity index is 1.58. The number of nitrogens with one attached hydrogen (secondary N) is 1. The number of hydrogen-bond acceptors (Lipinski definition) is 6. The minimum Gasteiger partial charge on any atom is -0.384 e. The highest BCUT2D eigenvalue weighted by atomic mass is 32.2. The molecule has 3 N–H and O–H groups in total. The van der Waals surface area contributed by atoms with E-state index in [4.69, 9.17) is 5.73 Å². The number of carbonyl (C=O) groups excluding carboxylic acids is 1. The van der Waals surface area contributed by atoms with Gasteiger partial charge in [0.1, 0.15) is 22.0 Å². The molecule has 5 aromatic rings. The van der Waals surface area contributed by atoms with Gasteiger partial charge in [-0.15, -0.1) is 0 Å². The summed E-state index contributed by atoms with van der Waals surface area (Å²) in [6, 6.07) is 19.2. The first kappa shape index (κ1) is 23.4. The van der Waals surface area contributed by atoms with Crippen molar-refractivity contribution in [2.45, 2.75) is 23.3 Å². The second-order valence-electron chi connectivity index (χ2n) is 8.30. The van der Waals surface area contributed by atoms with Gasteiger partial charge >= 0.3 is 0 Å². The molecule has 1 amide bonds. The number of sulfone groups is 1. The van der Waals surface area contributed by atoms with E-state index in [-0.39, 0.29) is 45.4 Å². The van der Waals surface area contributed by atoms with Crippen molar-refractivity contribution in [2.75, 3.05) is 12.3 Å². The van der Waals surface area contributed by atoms with Crippen LogP contribution in [0.2, 0.25) is 0 Å². The van der Waals surface area contributed by atoms with Gasteiger partial charge in [0.05, 0.1) is 21.5 Å². The number of fused-ring (bicyclic) bond motifs is 2. The molecule has 0 saturated heterocycles. The molecule has 0 aliphatic rings. The number of nitrogens with two attached hydrogens (primary N) is 1. The van der Waals surface area contributed by atoms with Crippen molar-refractivity contribution in [1.82, 2.24) is 19.9 Å². The van der Waals surface area contributed by atoms with E-state index in [0.717, 1.165) is 5.56 Å². The van der Waals surface area contributed by atoms with Crippen LogP contribution in [0, 0.1) is 12.7 Å². The van der Waals surface area contributed by atoms with Gasteiger partial charge < -0.3 is 15.6 Å². The van der Waals surface area contributed by atoms with E-state index in [2.05, 4.69) is 15.3 Å². The molecule has 3 aromatic carbocycles. The Bertz CT molecular complexity index is 1730. The fourth-order valence-corrected chi connectivity index (χ4v) is 5.54. The van der Waals surface area contributed by atoms with Gasteiger partial charge in [-0.25, -0.2) is 22.8 Å². The van der Waals surface area contributed by atoms with Crippen LogP contribution in [0.3, 0.4) is 0 Å². The summed E-state index contributed by atoms with van der Waals surface area (Å²) < 4.78 is 42.8. The normalized spacial score (nSPS) is 11.7. The molecule has 10 heteroatoms. The largest absolute Gasteiger partial charge is 0.384 e. The minimum absolute atomic E-state index is 0.0407. The molecule has 2 heterocycles. The van der Waals surface area contributed by atoms with Crippen LogP contribution in [0.25, 0.3) is 22.2 Å². The lowest BCUT2D eigenvalue weighted by Gasteiger charge is -2.10. The molecule has 5 rings (SSSR count). The number of rotatable bonds is 6. The molecule has 8 nitrogen and oxygen atoms in total. The molecule has 0 fully saturated rings. The van der Waals surface area contributed by atoms with Gasteiger partial charge in [-0.3, -0.25) is 4.79 Å². The van der Waals surface area contributed by atoms with E-state index in [1.807, 2.05) is 6.92 Å². The summed E-state index contributed by atoms with van der Waals surface area (Å²) in [4.78, 5) is 21.6. The van der Waals surface area contributed by atoms with E-state index in [1.165, 1.54) is 34.9 Å². The van der Waals surface area contributed by atoms with Crippen molar-refractivity contribution in [3.05, 3.63) is 89.7 Å². The monoisotopic (exact) mass is 503 g/mol. The molecule has 0 bridgehead atoms. The number of hydrogen-bond donors (Lipinski definition) is 2. The number of aryl methyl sites for hydroxylation is 1. The van der Waals surface area contributed by atoms with Gasteiger partial charge in [0.25, 0.3) is 5.91 Å². The Morgan fingerprint density at radius 3 is 2.31 bits per heavy atom.